The Balaban J connectivity index is 2.02. The zero-order valence-electron chi connectivity index (χ0n) is 13.4. The van der Waals surface area contributed by atoms with Crippen LogP contribution in [0.2, 0.25) is 13.1 Å². The SMILES string of the molecule is CCCCC1C[C@@H](c2cccc(F)c2)CN1CO[Si](C)C. The fourth-order valence-electron chi connectivity index (χ4n) is 3.10. The van der Waals surface area contributed by atoms with E-state index in [-0.39, 0.29) is 5.82 Å². The Labute approximate surface area is 130 Å². The van der Waals surface area contributed by atoms with Gasteiger partial charge in [0.2, 0.25) is 9.04 Å². The van der Waals surface area contributed by atoms with E-state index in [1.165, 1.54) is 25.3 Å². The lowest BCUT2D eigenvalue weighted by molar-refractivity contribution is 0.109. The van der Waals surface area contributed by atoms with Crippen molar-refractivity contribution in [3.63, 3.8) is 0 Å². The van der Waals surface area contributed by atoms with Crippen molar-refractivity contribution >= 4 is 9.04 Å². The molecule has 1 unspecified atom stereocenters. The van der Waals surface area contributed by atoms with Gasteiger partial charge in [-0.1, -0.05) is 31.9 Å². The summed E-state index contributed by atoms with van der Waals surface area (Å²) in [4.78, 5) is 2.46. The van der Waals surface area contributed by atoms with Gasteiger partial charge in [0.05, 0.1) is 6.73 Å². The molecule has 1 aliphatic heterocycles. The van der Waals surface area contributed by atoms with Crippen molar-refractivity contribution in [2.75, 3.05) is 13.3 Å². The molecule has 21 heavy (non-hydrogen) atoms. The average molecular weight is 308 g/mol. The Hall–Kier alpha value is -0.713. The summed E-state index contributed by atoms with van der Waals surface area (Å²) in [5.41, 5.74) is 1.14. The fraction of sp³-hybridized carbons (Fsp3) is 0.647. The van der Waals surface area contributed by atoms with Gasteiger partial charge in [0.1, 0.15) is 5.82 Å². The number of hydrogen-bond donors (Lipinski definition) is 0. The summed E-state index contributed by atoms with van der Waals surface area (Å²) >= 11 is 0. The standard InChI is InChI=1S/C17H27FNOSi/c1-4-5-9-17-11-15(12-19(17)13-20-21(2)3)14-7-6-8-16(18)10-14/h6-8,10,15,17H,4-5,9,11-13H2,1-3H3/t15-,17?/m1/s1. The van der Waals surface area contributed by atoms with E-state index >= 15 is 0 Å². The first-order valence-electron chi connectivity index (χ1n) is 8.02. The lowest BCUT2D eigenvalue weighted by Gasteiger charge is -2.25. The second-order valence-electron chi connectivity index (χ2n) is 6.24. The molecule has 1 heterocycles. The summed E-state index contributed by atoms with van der Waals surface area (Å²) in [7, 11) is -0.655. The maximum absolute atomic E-state index is 13.4. The molecular weight excluding hydrogens is 281 g/mol. The van der Waals surface area contributed by atoms with Gasteiger partial charge in [-0.25, -0.2) is 4.39 Å². The summed E-state index contributed by atoms with van der Waals surface area (Å²) < 4.78 is 19.3. The second-order valence-corrected chi connectivity index (χ2v) is 8.34. The van der Waals surface area contributed by atoms with E-state index in [1.807, 2.05) is 6.07 Å². The predicted octanol–water partition coefficient (Wildman–Crippen LogP) is 4.40. The molecule has 1 saturated heterocycles. The highest BCUT2D eigenvalue weighted by atomic mass is 28.3. The van der Waals surface area contributed by atoms with Crippen LogP contribution in [0.3, 0.4) is 0 Å². The van der Waals surface area contributed by atoms with Crippen LogP contribution in [0, 0.1) is 5.82 Å². The summed E-state index contributed by atoms with van der Waals surface area (Å²) in [6.45, 7) is 8.31. The van der Waals surface area contributed by atoms with Crippen LogP contribution >= 0.6 is 0 Å². The van der Waals surface area contributed by atoms with Crippen LogP contribution in [0.15, 0.2) is 24.3 Å². The molecular formula is C17H27FNOSi. The van der Waals surface area contributed by atoms with Crippen molar-refractivity contribution < 1.29 is 8.82 Å². The van der Waals surface area contributed by atoms with Crippen molar-refractivity contribution in [2.24, 2.45) is 0 Å². The molecule has 1 aliphatic rings. The monoisotopic (exact) mass is 308 g/mol. The number of unbranched alkanes of at least 4 members (excludes halogenated alkanes) is 1. The molecule has 0 aliphatic carbocycles. The summed E-state index contributed by atoms with van der Waals surface area (Å²) in [5, 5.41) is 0. The lowest BCUT2D eigenvalue weighted by Crippen LogP contribution is -2.33. The molecule has 0 aromatic heterocycles. The number of nitrogens with zero attached hydrogens (tertiary/aromatic N) is 1. The van der Waals surface area contributed by atoms with E-state index in [0.717, 1.165) is 25.3 Å². The smallest absolute Gasteiger partial charge is 0.206 e. The van der Waals surface area contributed by atoms with Crippen molar-refractivity contribution in [2.45, 2.75) is 57.7 Å². The van der Waals surface area contributed by atoms with Gasteiger partial charge in [0.25, 0.3) is 0 Å². The van der Waals surface area contributed by atoms with Gasteiger partial charge in [-0.2, -0.15) is 0 Å². The van der Waals surface area contributed by atoms with Gasteiger partial charge in [-0.15, -0.1) is 0 Å². The molecule has 1 fully saturated rings. The van der Waals surface area contributed by atoms with Crippen LogP contribution in [0.25, 0.3) is 0 Å². The Morgan fingerprint density at radius 1 is 1.38 bits per heavy atom. The number of likely N-dealkylation sites (tertiary alicyclic amines) is 1. The first-order valence-corrected chi connectivity index (χ1v) is 10.4. The van der Waals surface area contributed by atoms with E-state index in [0.29, 0.717) is 12.0 Å². The number of rotatable bonds is 7. The molecule has 4 heteroatoms. The normalized spacial score (nSPS) is 23.1. The summed E-state index contributed by atoms with van der Waals surface area (Å²) in [5.74, 6) is 0.315. The van der Waals surface area contributed by atoms with Crippen LogP contribution in [-0.4, -0.2) is 33.3 Å². The third-order valence-electron chi connectivity index (χ3n) is 4.26. The van der Waals surface area contributed by atoms with E-state index in [1.54, 1.807) is 6.07 Å². The van der Waals surface area contributed by atoms with Gasteiger partial charge in [-0.05, 0) is 49.5 Å². The van der Waals surface area contributed by atoms with Gasteiger partial charge in [0, 0.05) is 12.6 Å². The van der Waals surface area contributed by atoms with Crippen LogP contribution in [0.5, 0.6) is 0 Å². The molecule has 0 saturated carbocycles. The van der Waals surface area contributed by atoms with Crippen LogP contribution < -0.4 is 0 Å². The molecule has 1 aromatic rings. The Bertz CT molecular complexity index is 441. The van der Waals surface area contributed by atoms with E-state index in [2.05, 4.69) is 31.0 Å². The molecule has 0 bridgehead atoms. The highest BCUT2D eigenvalue weighted by Crippen LogP contribution is 2.34. The van der Waals surface area contributed by atoms with Crippen LogP contribution in [0.4, 0.5) is 4.39 Å². The average Bonchev–Trinajstić information content (AvgIpc) is 2.86. The highest BCUT2D eigenvalue weighted by Gasteiger charge is 2.32. The minimum atomic E-state index is -0.655. The Kier molecular flexibility index (Phi) is 6.39. The van der Waals surface area contributed by atoms with Crippen molar-refractivity contribution in [3.8, 4) is 0 Å². The molecule has 1 radical (unpaired) electrons. The maximum Gasteiger partial charge on any atom is 0.206 e. The van der Waals surface area contributed by atoms with Gasteiger partial charge < -0.3 is 4.43 Å². The zero-order valence-corrected chi connectivity index (χ0v) is 14.4. The Morgan fingerprint density at radius 2 is 2.19 bits per heavy atom. The molecule has 2 rings (SSSR count). The van der Waals surface area contributed by atoms with E-state index in [4.69, 9.17) is 4.43 Å². The van der Waals surface area contributed by atoms with Crippen molar-refractivity contribution in [1.29, 1.82) is 0 Å². The van der Waals surface area contributed by atoms with E-state index < -0.39 is 9.04 Å². The Morgan fingerprint density at radius 3 is 2.86 bits per heavy atom. The minimum absolute atomic E-state index is 0.125. The predicted molar refractivity (Wildman–Crippen MR) is 87.2 cm³/mol. The van der Waals surface area contributed by atoms with Gasteiger partial charge in [0.15, 0.2) is 0 Å². The van der Waals surface area contributed by atoms with E-state index in [9.17, 15) is 4.39 Å². The molecule has 0 amide bonds. The summed E-state index contributed by atoms with van der Waals surface area (Å²) in [6, 6.07) is 7.69. The van der Waals surface area contributed by atoms with Gasteiger partial charge in [-0.3, -0.25) is 4.90 Å². The summed E-state index contributed by atoms with van der Waals surface area (Å²) in [6.07, 6.45) is 4.84. The molecule has 2 nitrogen and oxygen atoms in total. The quantitative estimate of drug-likeness (QED) is 0.692. The number of hydrogen-bond acceptors (Lipinski definition) is 2. The zero-order chi connectivity index (χ0) is 15.2. The third kappa shape index (κ3) is 4.90. The highest BCUT2D eigenvalue weighted by molar-refractivity contribution is 6.48. The largest absolute Gasteiger partial charge is 0.404 e. The van der Waals surface area contributed by atoms with Crippen LogP contribution in [0.1, 0.15) is 44.1 Å². The molecule has 1 aromatic carbocycles. The molecule has 117 valence electrons. The first-order chi connectivity index (χ1) is 10.1. The van der Waals surface area contributed by atoms with Crippen LogP contribution in [-0.2, 0) is 4.43 Å². The van der Waals surface area contributed by atoms with Gasteiger partial charge >= 0.3 is 0 Å². The third-order valence-corrected chi connectivity index (χ3v) is 4.96. The van der Waals surface area contributed by atoms with Crippen molar-refractivity contribution in [1.82, 2.24) is 4.90 Å². The second kappa shape index (κ2) is 8.06. The van der Waals surface area contributed by atoms with Crippen molar-refractivity contribution in [3.05, 3.63) is 35.6 Å². The number of benzene rings is 1. The lowest BCUT2D eigenvalue weighted by atomic mass is 9.95. The molecule has 2 atom stereocenters. The molecule has 0 spiro atoms. The number of halogens is 1. The maximum atomic E-state index is 13.4. The first kappa shape index (κ1) is 16.7. The molecule has 0 N–H and O–H groups in total. The minimum Gasteiger partial charge on any atom is -0.404 e. The topological polar surface area (TPSA) is 12.5 Å². The fourth-order valence-corrected chi connectivity index (χ4v) is 3.52.